The van der Waals surface area contributed by atoms with Gasteiger partial charge in [0.15, 0.2) is 0 Å². The Morgan fingerprint density at radius 3 is 2.77 bits per heavy atom. The highest BCUT2D eigenvalue weighted by Gasteiger charge is 2.31. The average Bonchev–Trinajstić information content (AvgIpc) is 3.48. The van der Waals surface area contributed by atoms with Crippen molar-refractivity contribution in [1.29, 1.82) is 0 Å². The first kappa shape index (κ1) is 18.5. The van der Waals surface area contributed by atoms with Gasteiger partial charge in [0.2, 0.25) is 5.95 Å². The van der Waals surface area contributed by atoms with Gasteiger partial charge in [-0.15, -0.1) is 0 Å². The molecule has 30 heavy (non-hydrogen) atoms. The van der Waals surface area contributed by atoms with Crippen molar-refractivity contribution < 1.29 is 4.39 Å². The van der Waals surface area contributed by atoms with E-state index in [4.69, 9.17) is 9.97 Å². The normalized spacial score (nSPS) is 15.3. The lowest BCUT2D eigenvalue weighted by atomic mass is 10.1. The molecule has 0 spiro atoms. The summed E-state index contributed by atoms with van der Waals surface area (Å²) < 4.78 is 17.9. The quantitative estimate of drug-likeness (QED) is 0.527. The number of hydrogen-bond donors (Lipinski definition) is 1. The zero-order chi connectivity index (χ0) is 20.5. The first-order valence-electron chi connectivity index (χ1n) is 10.1. The van der Waals surface area contributed by atoms with Crippen molar-refractivity contribution in [3.05, 3.63) is 66.9 Å². The summed E-state index contributed by atoms with van der Waals surface area (Å²) in [5.74, 6) is 1.35. The molecule has 1 N–H and O–H groups in total. The molecule has 0 fully saturated rings. The van der Waals surface area contributed by atoms with E-state index in [1.165, 1.54) is 12.1 Å². The maximum absolute atomic E-state index is 13.5. The van der Waals surface area contributed by atoms with Crippen LogP contribution in [-0.2, 0) is 13.0 Å². The minimum Gasteiger partial charge on any atom is -0.354 e. The Kier molecular flexibility index (Phi) is 4.74. The monoisotopic (exact) mass is 403 g/mol. The number of nitrogens with one attached hydrogen (secondary N) is 1. The summed E-state index contributed by atoms with van der Waals surface area (Å²) in [5, 5.41) is 3.18. The van der Waals surface area contributed by atoms with Gasteiger partial charge in [0.25, 0.3) is 0 Å². The summed E-state index contributed by atoms with van der Waals surface area (Å²) >= 11 is 0. The van der Waals surface area contributed by atoms with Gasteiger partial charge in [-0.3, -0.25) is 0 Å². The molecule has 1 unspecified atom stereocenters. The van der Waals surface area contributed by atoms with Crippen molar-refractivity contribution in [2.45, 2.75) is 32.4 Å². The molecule has 8 heteroatoms. The third kappa shape index (κ3) is 3.34. The highest BCUT2D eigenvalue weighted by atomic mass is 19.1. The summed E-state index contributed by atoms with van der Waals surface area (Å²) in [7, 11) is 0. The van der Waals surface area contributed by atoms with Crippen LogP contribution in [0.4, 0.5) is 10.3 Å². The van der Waals surface area contributed by atoms with Gasteiger partial charge in [-0.2, -0.15) is 0 Å². The number of fused-ring (bicyclic) bond motifs is 1. The summed E-state index contributed by atoms with van der Waals surface area (Å²) in [5.41, 5.74) is 3.44. The fraction of sp³-hybridized carbons (Fsp3) is 0.273. The zero-order valence-electron chi connectivity index (χ0n) is 16.7. The van der Waals surface area contributed by atoms with Crippen LogP contribution < -0.4 is 5.32 Å². The molecule has 1 aromatic carbocycles. The highest BCUT2D eigenvalue weighted by molar-refractivity contribution is 5.78. The molecule has 0 saturated heterocycles. The zero-order valence-corrected chi connectivity index (χ0v) is 16.7. The predicted molar refractivity (Wildman–Crippen MR) is 112 cm³/mol. The fourth-order valence-corrected chi connectivity index (χ4v) is 4.07. The van der Waals surface area contributed by atoms with Gasteiger partial charge >= 0.3 is 0 Å². The first-order valence-corrected chi connectivity index (χ1v) is 10.1. The number of halogens is 1. The van der Waals surface area contributed by atoms with Crippen molar-refractivity contribution in [1.82, 2.24) is 29.1 Å². The van der Waals surface area contributed by atoms with E-state index in [-0.39, 0.29) is 11.9 Å². The molecule has 0 aliphatic carbocycles. The van der Waals surface area contributed by atoms with Crippen molar-refractivity contribution in [2.75, 3.05) is 11.9 Å². The van der Waals surface area contributed by atoms with Crippen LogP contribution in [0.3, 0.4) is 0 Å². The Bertz CT molecular complexity index is 1150. The molecule has 1 aliphatic heterocycles. The summed E-state index contributed by atoms with van der Waals surface area (Å²) in [4.78, 5) is 18.2. The minimum atomic E-state index is -0.262. The minimum absolute atomic E-state index is 0.239. The maximum Gasteiger partial charge on any atom is 0.223 e. The van der Waals surface area contributed by atoms with E-state index >= 15 is 0 Å². The Labute approximate surface area is 173 Å². The molecule has 5 rings (SSSR count). The van der Waals surface area contributed by atoms with E-state index in [1.807, 2.05) is 25.5 Å². The van der Waals surface area contributed by atoms with E-state index < -0.39 is 0 Å². The van der Waals surface area contributed by atoms with Gasteiger partial charge in [0, 0.05) is 43.7 Å². The van der Waals surface area contributed by atoms with Crippen LogP contribution in [0.2, 0.25) is 0 Å². The van der Waals surface area contributed by atoms with E-state index in [0.717, 1.165) is 54.4 Å². The standard InChI is InChI=1S/C22H22FN7/c1-2-25-22-26-10-9-18(27-22)21-20(15-3-5-16(23)6-4-15)28-19-8-7-17(30(19)21)13-29-12-11-24-14-29/h3-6,9-12,14,17H,2,7-8,13H2,1H3,(H,25,26,27). The third-order valence-electron chi connectivity index (χ3n) is 5.38. The van der Waals surface area contributed by atoms with Gasteiger partial charge < -0.3 is 14.5 Å². The van der Waals surface area contributed by atoms with E-state index in [9.17, 15) is 4.39 Å². The van der Waals surface area contributed by atoms with Crippen LogP contribution in [-0.4, -0.2) is 35.6 Å². The molecule has 0 bridgehead atoms. The van der Waals surface area contributed by atoms with Crippen LogP contribution in [0.25, 0.3) is 22.6 Å². The Morgan fingerprint density at radius 1 is 1.13 bits per heavy atom. The summed E-state index contributed by atoms with van der Waals surface area (Å²) in [6, 6.07) is 8.63. The summed E-state index contributed by atoms with van der Waals surface area (Å²) in [6.07, 6.45) is 9.25. The second-order valence-electron chi connectivity index (χ2n) is 7.35. The van der Waals surface area contributed by atoms with Crippen molar-refractivity contribution in [3.63, 3.8) is 0 Å². The smallest absolute Gasteiger partial charge is 0.223 e. The van der Waals surface area contributed by atoms with Crippen LogP contribution in [0.5, 0.6) is 0 Å². The second kappa shape index (κ2) is 7.70. The Balaban J connectivity index is 1.66. The lowest BCUT2D eigenvalue weighted by molar-refractivity contribution is 0.451. The lowest BCUT2D eigenvalue weighted by Gasteiger charge is -2.18. The van der Waals surface area contributed by atoms with Gasteiger partial charge in [0.05, 0.1) is 29.5 Å². The number of imidazole rings is 2. The van der Waals surface area contributed by atoms with Crippen molar-refractivity contribution in [3.8, 4) is 22.6 Å². The molecule has 4 heterocycles. The maximum atomic E-state index is 13.5. The number of anilines is 1. The molecule has 1 atom stereocenters. The van der Waals surface area contributed by atoms with Gasteiger partial charge in [-0.05, 0) is 43.7 Å². The molecular weight excluding hydrogens is 381 g/mol. The summed E-state index contributed by atoms with van der Waals surface area (Å²) in [6.45, 7) is 3.56. The van der Waals surface area contributed by atoms with Crippen LogP contribution in [0, 0.1) is 5.82 Å². The molecule has 0 saturated carbocycles. The fourth-order valence-electron chi connectivity index (χ4n) is 4.07. The van der Waals surface area contributed by atoms with Crippen molar-refractivity contribution >= 4 is 5.95 Å². The Morgan fingerprint density at radius 2 is 2.00 bits per heavy atom. The van der Waals surface area contributed by atoms with Crippen LogP contribution in [0.15, 0.2) is 55.2 Å². The topological polar surface area (TPSA) is 73.5 Å². The number of aryl methyl sites for hydroxylation is 1. The third-order valence-corrected chi connectivity index (χ3v) is 5.38. The van der Waals surface area contributed by atoms with Crippen LogP contribution >= 0.6 is 0 Å². The molecule has 3 aromatic heterocycles. The Hall–Kier alpha value is -3.55. The van der Waals surface area contributed by atoms with Gasteiger partial charge in [-0.1, -0.05) is 0 Å². The van der Waals surface area contributed by atoms with E-state index in [0.29, 0.717) is 5.95 Å². The second-order valence-corrected chi connectivity index (χ2v) is 7.35. The number of hydrogen-bond acceptors (Lipinski definition) is 5. The van der Waals surface area contributed by atoms with Crippen molar-refractivity contribution in [2.24, 2.45) is 0 Å². The number of benzene rings is 1. The van der Waals surface area contributed by atoms with Crippen LogP contribution in [0.1, 0.15) is 25.2 Å². The highest BCUT2D eigenvalue weighted by Crippen LogP contribution is 2.39. The molecule has 1 aliphatic rings. The first-order chi connectivity index (χ1) is 14.7. The molecule has 0 amide bonds. The molecule has 0 radical (unpaired) electrons. The number of rotatable bonds is 6. The largest absolute Gasteiger partial charge is 0.354 e. The lowest BCUT2D eigenvalue weighted by Crippen LogP contribution is -2.13. The number of nitrogens with zero attached hydrogens (tertiary/aromatic N) is 6. The number of aromatic nitrogens is 6. The SMILES string of the molecule is CCNc1nccc(-c2c(-c3ccc(F)cc3)nc3n2C(Cn2ccnc2)CC3)n1. The van der Waals surface area contributed by atoms with Gasteiger partial charge in [0.1, 0.15) is 11.6 Å². The average molecular weight is 403 g/mol. The van der Waals surface area contributed by atoms with Gasteiger partial charge in [-0.25, -0.2) is 24.3 Å². The van der Waals surface area contributed by atoms with E-state index in [2.05, 4.69) is 24.4 Å². The molecule has 7 nitrogen and oxygen atoms in total. The molecular formula is C22H22FN7. The van der Waals surface area contributed by atoms with E-state index in [1.54, 1.807) is 24.5 Å². The molecule has 152 valence electrons. The molecule has 4 aromatic rings. The predicted octanol–water partition coefficient (Wildman–Crippen LogP) is 3.96.